The predicted molar refractivity (Wildman–Crippen MR) is 78.2 cm³/mol. The van der Waals surface area contributed by atoms with Gasteiger partial charge in [-0.25, -0.2) is 0 Å². The van der Waals surface area contributed by atoms with Crippen molar-refractivity contribution in [3.8, 4) is 0 Å². The summed E-state index contributed by atoms with van der Waals surface area (Å²) in [6, 6.07) is -0.183. The second-order valence-corrected chi connectivity index (χ2v) is 6.51. The fourth-order valence-electron chi connectivity index (χ4n) is 1.59. The van der Waals surface area contributed by atoms with Crippen molar-refractivity contribution >= 4 is 21.7 Å². The van der Waals surface area contributed by atoms with Gasteiger partial charge in [-0.05, 0) is 21.3 Å². The first kappa shape index (κ1) is 16.3. The molecule has 0 aliphatic heterocycles. The zero-order valence-electron chi connectivity index (χ0n) is 11.9. The minimum Gasteiger partial charge on any atom is -0.383 e. The van der Waals surface area contributed by atoms with Crippen LogP contribution in [0.4, 0.5) is 0 Å². The number of halogens is 1. The second kappa shape index (κ2) is 6.63. The molecule has 0 spiro atoms. The second-order valence-electron chi connectivity index (χ2n) is 5.66. The minimum atomic E-state index is -0.183. The first-order valence-electron chi connectivity index (χ1n) is 6.26. The largest absolute Gasteiger partial charge is 0.383 e. The molecule has 108 valence electrons. The first-order valence-corrected chi connectivity index (χ1v) is 7.05. The summed E-state index contributed by atoms with van der Waals surface area (Å²) >= 11 is 3.36. The number of hydrogen-bond donors (Lipinski definition) is 1. The smallest absolute Gasteiger partial charge is 0.183 e. The number of nitrogens with zero attached hydrogens (tertiary/aromatic N) is 2. The molecule has 0 radical (unpaired) electrons. The molecule has 5 nitrogen and oxygen atoms in total. The molecule has 1 heterocycles. The van der Waals surface area contributed by atoms with Crippen molar-refractivity contribution < 1.29 is 9.53 Å². The highest BCUT2D eigenvalue weighted by atomic mass is 79.9. The van der Waals surface area contributed by atoms with E-state index in [0.29, 0.717) is 29.7 Å². The highest BCUT2D eigenvalue weighted by Crippen LogP contribution is 2.24. The number of carbonyl (C=O) groups excluding carboxylic acids is 1. The van der Waals surface area contributed by atoms with Crippen LogP contribution in [0.2, 0.25) is 0 Å². The van der Waals surface area contributed by atoms with Crippen LogP contribution < -0.4 is 5.73 Å². The summed E-state index contributed by atoms with van der Waals surface area (Å²) < 4.78 is 7.37. The van der Waals surface area contributed by atoms with E-state index in [1.807, 2.05) is 20.8 Å². The summed E-state index contributed by atoms with van der Waals surface area (Å²) in [6.45, 7) is 7.15. The van der Waals surface area contributed by atoms with Crippen LogP contribution in [0.15, 0.2) is 10.7 Å². The quantitative estimate of drug-likeness (QED) is 0.811. The number of aromatic nitrogens is 2. The first-order chi connectivity index (χ1) is 8.77. The SMILES string of the molecule is COCCn1ncc(Br)c1C(=O)CC(N)C(C)(C)C. The summed E-state index contributed by atoms with van der Waals surface area (Å²) in [5.74, 6) is 0.00269. The molecule has 6 heteroatoms. The molecule has 19 heavy (non-hydrogen) atoms. The van der Waals surface area contributed by atoms with Gasteiger partial charge < -0.3 is 10.5 Å². The predicted octanol–water partition coefficient (Wildman–Crippen LogP) is 2.24. The van der Waals surface area contributed by atoms with E-state index < -0.39 is 0 Å². The Morgan fingerprint density at radius 1 is 1.58 bits per heavy atom. The third kappa shape index (κ3) is 4.40. The molecule has 1 atom stereocenters. The van der Waals surface area contributed by atoms with Crippen LogP contribution in [0.5, 0.6) is 0 Å². The fraction of sp³-hybridized carbons (Fsp3) is 0.692. The van der Waals surface area contributed by atoms with E-state index in [-0.39, 0.29) is 17.2 Å². The van der Waals surface area contributed by atoms with E-state index >= 15 is 0 Å². The number of carbonyl (C=O) groups is 1. The summed E-state index contributed by atoms with van der Waals surface area (Å²) in [5.41, 5.74) is 6.54. The number of rotatable bonds is 6. The van der Waals surface area contributed by atoms with E-state index in [9.17, 15) is 4.79 Å². The van der Waals surface area contributed by atoms with E-state index in [0.717, 1.165) is 0 Å². The van der Waals surface area contributed by atoms with Crippen LogP contribution in [-0.4, -0.2) is 35.3 Å². The van der Waals surface area contributed by atoms with Gasteiger partial charge in [0.25, 0.3) is 0 Å². The Bertz CT molecular complexity index is 438. The van der Waals surface area contributed by atoms with E-state index in [2.05, 4.69) is 21.0 Å². The molecule has 1 aromatic rings. The monoisotopic (exact) mass is 331 g/mol. The number of hydrogen-bond acceptors (Lipinski definition) is 4. The molecular formula is C13H22BrN3O2. The number of methoxy groups -OCH3 is 1. The van der Waals surface area contributed by atoms with Gasteiger partial charge in [0.1, 0.15) is 5.69 Å². The van der Waals surface area contributed by atoms with Crippen LogP contribution in [0, 0.1) is 5.41 Å². The average molecular weight is 332 g/mol. The highest BCUT2D eigenvalue weighted by molar-refractivity contribution is 9.10. The Kier molecular flexibility index (Phi) is 5.70. The normalized spacial score (nSPS) is 13.6. The lowest BCUT2D eigenvalue weighted by atomic mass is 9.84. The minimum absolute atomic E-state index is 0.00269. The van der Waals surface area contributed by atoms with Gasteiger partial charge in [0.2, 0.25) is 0 Å². The maximum atomic E-state index is 12.4. The lowest BCUT2D eigenvalue weighted by Crippen LogP contribution is -2.37. The van der Waals surface area contributed by atoms with Crippen LogP contribution in [-0.2, 0) is 11.3 Å². The lowest BCUT2D eigenvalue weighted by Gasteiger charge is -2.26. The van der Waals surface area contributed by atoms with Gasteiger partial charge >= 0.3 is 0 Å². The highest BCUT2D eigenvalue weighted by Gasteiger charge is 2.26. The van der Waals surface area contributed by atoms with Gasteiger partial charge in [0.15, 0.2) is 5.78 Å². The zero-order valence-corrected chi connectivity index (χ0v) is 13.5. The molecule has 0 fully saturated rings. The van der Waals surface area contributed by atoms with Gasteiger partial charge in [0, 0.05) is 19.6 Å². The van der Waals surface area contributed by atoms with Crippen LogP contribution in [0.1, 0.15) is 37.7 Å². The Morgan fingerprint density at radius 3 is 2.74 bits per heavy atom. The van der Waals surface area contributed by atoms with Gasteiger partial charge in [0.05, 0.1) is 23.8 Å². The van der Waals surface area contributed by atoms with E-state index in [1.165, 1.54) is 0 Å². The summed E-state index contributed by atoms with van der Waals surface area (Å²) in [6.07, 6.45) is 1.94. The maximum absolute atomic E-state index is 12.4. The van der Waals surface area contributed by atoms with Crippen molar-refractivity contribution in [3.05, 3.63) is 16.4 Å². The summed E-state index contributed by atoms with van der Waals surface area (Å²) in [7, 11) is 1.62. The molecule has 0 saturated carbocycles. The molecule has 1 aromatic heterocycles. The zero-order chi connectivity index (χ0) is 14.6. The maximum Gasteiger partial charge on any atom is 0.183 e. The topological polar surface area (TPSA) is 70.1 Å². The van der Waals surface area contributed by atoms with Gasteiger partial charge in [-0.2, -0.15) is 5.10 Å². The van der Waals surface area contributed by atoms with Crippen molar-refractivity contribution in [1.82, 2.24) is 9.78 Å². The van der Waals surface area contributed by atoms with Crippen molar-refractivity contribution in [1.29, 1.82) is 0 Å². The molecule has 1 unspecified atom stereocenters. The van der Waals surface area contributed by atoms with Crippen LogP contribution >= 0.6 is 15.9 Å². The standard InChI is InChI=1S/C13H22BrN3O2/c1-13(2,3)11(15)7-10(18)12-9(14)8-16-17(12)5-6-19-4/h8,11H,5-7,15H2,1-4H3. The number of Topliss-reactive ketones (excluding diaryl/α,β-unsaturated/α-hetero) is 1. The Hall–Kier alpha value is -0.720. The molecule has 0 saturated heterocycles. The number of ketones is 1. The molecule has 0 aromatic carbocycles. The lowest BCUT2D eigenvalue weighted by molar-refractivity contribution is 0.0938. The summed E-state index contributed by atoms with van der Waals surface area (Å²) in [4.78, 5) is 12.4. The molecule has 0 aliphatic carbocycles. The Balaban J connectivity index is 2.84. The molecular weight excluding hydrogens is 310 g/mol. The van der Waals surface area contributed by atoms with Crippen molar-refractivity contribution in [2.24, 2.45) is 11.1 Å². The molecule has 0 bridgehead atoms. The van der Waals surface area contributed by atoms with Crippen molar-refractivity contribution in [2.45, 2.75) is 39.8 Å². The van der Waals surface area contributed by atoms with Crippen molar-refractivity contribution in [2.75, 3.05) is 13.7 Å². The molecule has 2 N–H and O–H groups in total. The Morgan fingerprint density at radius 2 is 2.21 bits per heavy atom. The van der Waals surface area contributed by atoms with Crippen LogP contribution in [0.3, 0.4) is 0 Å². The van der Waals surface area contributed by atoms with E-state index in [1.54, 1.807) is 18.0 Å². The number of ether oxygens (including phenoxy) is 1. The van der Waals surface area contributed by atoms with Gasteiger partial charge in [-0.15, -0.1) is 0 Å². The molecule has 0 amide bonds. The van der Waals surface area contributed by atoms with Gasteiger partial charge in [-0.1, -0.05) is 20.8 Å². The summed E-state index contributed by atoms with van der Waals surface area (Å²) in [5, 5.41) is 4.17. The fourth-order valence-corrected chi connectivity index (χ4v) is 2.11. The van der Waals surface area contributed by atoms with Crippen LogP contribution in [0.25, 0.3) is 0 Å². The van der Waals surface area contributed by atoms with Crippen molar-refractivity contribution in [3.63, 3.8) is 0 Å². The Labute approximate surface area is 122 Å². The number of nitrogens with two attached hydrogens (primary N) is 1. The molecule has 1 rings (SSSR count). The third-order valence-corrected chi connectivity index (χ3v) is 3.66. The average Bonchev–Trinajstić information content (AvgIpc) is 2.66. The van der Waals surface area contributed by atoms with Gasteiger partial charge in [-0.3, -0.25) is 9.48 Å². The van der Waals surface area contributed by atoms with E-state index in [4.69, 9.17) is 10.5 Å². The molecule has 0 aliphatic rings. The third-order valence-electron chi connectivity index (χ3n) is 3.08.